The Hall–Kier alpha value is -1.37. The third kappa shape index (κ3) is 3.15. The minimum atomic E-state index is -0.705. The number of benzene rings is 1. The smallest absolute Gasteiger partial charge is 0.338 e. The molecule has 1 aromatic rings. The molecular formula is C11H9Cl2NO5. The van der Waals surface area contributed by atoms with Crippen LogP contribution in [0.3, 0.4) is 0 Å². The number of carbonyl (C=O) groups excluding carboxylic acids is 1. The molecule has 8 heteroatoms. The lowest BCUT2D eigenvalue weighted by molar-refractivity contribution is -0.384. The van der Waals surface area contributed by atoms with Crippen molar-refractivity contribution in [1.82, 2.24) is 0 Å². The first-order valence-electron chi connectivity index (χ1n) is 5.41. The fourth-order valence-corrected chi connectivity index (χ4v) is 2.04. The molecule has 1 atom stereocenters. The number of nitro groups is 1. The van der Waals surface area contributed by atoms with Crippen LogP contribution in [0.5, 0.6) is 0 Å². The molecule has 0 radical (unpaired) electrons. The second-order valence-corrected chi connectivity index (χ2v) is 4.72. The highest BCUT2D eigenvalue weighted by Crippen LogP contribution is 2.33. The molecule has 1 aliphatic heterocycles. The van der Waals surface area contributed by atoms with E-state index in [0.29, 0.717) is 19.6 Å². The van der Waals surface area contributed by atoms with E-state index in [1.807, 2.05) is 0 Å². The second kappa shape index (κ2) is 5.73. The molecule has 0 bridgehead atoms. The highest BCUT2D eigenvalue weighted by atomic mass is 35.5. The molecule has 1 aromatic carbocycles. The zero-order chi connectivity index (χ0) is 14.0. The van der Waals surface area contributed by atoms with Crippen LogP contribution < -0.4 is 0 Å². The van der Waals surface area contributed by atoms with Crippen LogP contribution in [0.4, 0.5) is 5.69 Å². The first-order valence-corrected chi connectivity index (χ1v) is 6.17. The molecule has 0 N–H and O–H groups in total. The van der Waals surface area contributed by atoms with Gasteiger partial charge in [-0.2, -0.15) is 0 Å². The number of halogens is 2. The zero-order valence-electron chi connectivity index (χ0n) is 9.60. The summed E-state index contributed by atoms with van der Waals surface area (Å²) in [6, 6.07) is 2.29. The summed E-state index contributed by atoms with van der Waals surface area (Å²) in [5.41, 5.74) is -0.434. The summed E-state index contributed by atoms with van der Waals surface area (Å²) in [6.45, 7) is 0.856. The molecule has 0 amide bonds. The Labute approximate surface area is 118 Å². The van der Waals surface area contributed by atoms with E-state index in [9.17, 15) is 14.9 Å². The Bertz CT molecular complexity index is 528. The van der Waals surface area contributed by atoms with Crippen LogP contribution in [-0.2, 0) is 9.47 Å². The van der Waals surface area contributed by atoms with Gasteiger partial charge in [0.1, 0.15) is 11.1 Å². The number of ether oxygens (including phenoxy) is 2. The fraction of sp³-hybridized carbons (Fsp3) is 0.364. The molecule has 1 unspecified atom stereocenters. The Morgan fingerprint density at radius 2 is 2.21 bits per heavy atom. The number of hydrogen-bond donors (Lipinski definition) is 0. The normalized spacial score (nSPS) is 18.3. The quantitative estimate of drug-likeness (QED) is 0.487. The highest BCUT2D eigenvalue weighted by molar-refractivity contribution is 6.43. The molecule has 1 heterocycles. The van der Waals surface area contributed by atoms with E-state index in [0.717, 1.165) is 6.07 Å². The highest BCUT2D eigenvalue weighted by Gasteiger charge is 2.24. The van der Waals surface area contributed by atoms with Crippen molar-refractivity contribution < 1.29 is 19.2 Å². The Morgan fingerprint density at radius 1 is 1.47 bits per heavy atom. The molecule has 19 heavy (non-hydrogen) atoms. The van der Waals surface area contributed by atoms with E-state index in [1.165, 1.54) is 6.07 Å². The van der Waals surface area contributed by atoms with Crippen LogP contribution in [0.1, 0.15) is 16.8 Å². The first-order chi connectivity index (χ1) is 8.99. The lowest BCUT2D eigenvalue weighted by Gasteiger charge is -2.10. The zero-order valence-corrected chi connectivity index (χ0v) is 11.1. The molecule has 1 fully saturated rings. The molecule has 2 rings (SSSR count). The molecule has 6 nitrogen and oxygen atoms in total. The maximum atomic E-state index is 11.8. The van der Waals surface area contributed by atoms with Gasteiger partial charge in [-0.1, -0.05) is 23.2 Å². The third-order valence-corrected chi connectivity index (χ3v) is 3.40. The standard InChI is InChI=1S/C11H9Cl2NO5/c12-8-3-6(4-9(10(8)13)14(16)17)11(15)19-7-1-2-18-5-7/h3-4,7H,1-2,5H2. The van der Waals surface area contributed by atoms with E-state index in [4.69, 9.17) is 32.7 Å². The van der Waals surface area contributed by atoms with Gasteiger partial charge in [-0.15, -0.1) is 0 Å². The lowest BCUT2D eigenvalue weighted by atomic mass is 10.2. The largest absolute Gasteiger partial charge is 0.456 e. The number of hydrogen-bond acceptors (Lipinski definition) is 5. The van der Waals surface area contributed by atoms with Crippen molar-refractivity contribution in [3.63, 3.8) is 0 Å². The second-order valence-electron chi connectivity index (χ2n) is 3.94. The molecule has 1 saturated heterocycles. The molecule has 0 spiro atoms. The van der Waals surface area contributed by atoms with Crippen molar-refractivity contribution in [3.8, 4) is 0 Å². The van der Waals surface area contributed by atoms with Crippen LogP contribution >= 0.6 is 23.2 Å². The van der Waals surface area contributed by atoms with Crippen molar-refractivity contribution in [2.75, 3.05) is 13.2 Å². The van der Waals surface area contributed by atoms with E-state index >= 15 is 0 Å². The van der Waals surface area contributed by atoms with Crippen LogP contribution in [-0.4, -0.2) is 30.2 Å². The number of nitrogens with zero attached hydrogens (tertiary/aromatic N) is 1. The monoisotopic (exact) mass is 305 g/mol. The lowest BCUT2D eigenvalue weighted by Crippen LogP contribution is -2.18. The van der Waals surface area contributed by atoms with Gasteiger partial charge in [0.25, 0.3) is 5.69 Å². The predicted molar refractivity (Wildman–Crippen MR) is 67.8 cm³/mol. The summed E-state index contributed by atoms with van der Waals surface area (Å²) >= 11 is 11.4. The topological polar surface area (TPSA) is 78.7 Å². The van der Waals surface area contributed by atoms with Gasteiger partial charge in [0.15, 0.2) is 0 Å². The molecule has 0 aromatic heterocycles. The predicted octanol–water partition coefficient (Wildman–Crippen LogP) is 2.85. The average Bonchev–Trinajstić information content (AvgIpc) is 2.84. The van der Waals surface area contributed by atoms with E-state index in [-0.39, 0.29) is 21.7 Å². The maximum absolute atomic E-state index is 11.8. The number of nitro benzene ring substituents is 1. The Morgan fingerprint density at radius 3 is 2.79 bits per heavy atom. The number of esters is 1. The Balaban J connectivity index is 2.24. The van der Waals surface area contributed by atoms with Crippen molar-refractivity contribution >= 4 is 34.9 Å². The number of carbonyl (C=O) groups is 1. The van der Waals surface area contributed by atoms with Crippen LogP contribution in [0.25, 0.3) is 0 Å². The van der Waals surface area contributed by atoms with Gasteiger partial charge in [-0.05, 0) is 6.07 Å². The van der Waals surface area contributed by atoms with Gasteiger partial charge >= 0.3 is 5.97 Å². The van der Waals surface area contributed by atoms with E-state index < -0.39 is 16.6 Å². The average molecular weight is 306 g/mol. The fourth-order valence-electron chi connectivity index (χ4n) is 1.65. The van der Waals surface area contributed by atoms with Crippen LogP contribution in [0.2, 0.25) is 10.0 Å². The molecule has 0 aliphatic carbocycles. The van der Waals surface area contributed by atoms with Gasteiger partial charge in [-0.25, -0.2) is 4.79 Å². The van der Waals surface area contributed by atoms with Crippen LogP contribution in [0, 0.1) is 10.1 Å². The van der Waals surface area contributed by atoms with Gasteiger partial charge < -0.3 is 9.47 Å². The minimum Gasteiger partial charge on any atom is -0.456 e. The summed E-state index contributed by atoms with van der Waals surface area (Å²) in [7, 11) is 0. The van der Waals surface area contributed by atoms with E-state index in [2.05, 4.69) is 0 Å². The van der Waals surface area contributed by atoms with Crippen molar-refractivity contribution in [2.24, 2.45) is 0 Å². The summed E-state index contributed by atoms with van der Waals surface area (Å²) < 4.78 is 10.2. The van der Waals surface area contributed by atoms with Gasteiger partial charge in [0.05, 0.1) is 28.7 Å². The van der Waals surface area contributed by atoms with Crippen molar-refractivity contribution in [1.29, 1.82) is 0 Å². The third-order valence-electron chi connectivity index (χ3n) is 2.60. The Kier molecular flexibility index (Phi) is 4.24. The minimum absolute atomic E-state index is 0.00648. The van der Waals surface area contributed by atoms with Crippen LogP contribution in [0.15, 0.2) is 12.1 Å². The summed E-state index contributed by atoms with van der Waals surface area (Å²) in [6.07, 6.45) is 0.274. The number of rotatable bonds is 3. The summed E-state index contributed by atoms with van der Waals surface area (Å²) in [5.74, 6) is -0.683. The molecule has 0 saturated carbocycles. The molecule has 1 aliphatic rings. The van der Waals surface area contributed by atoms with E-state index in [1.54, 1.807) is 0 Å². The SMILES string of the molecule is O=C(OC1CCOC1)c1cc(Cl)c(Cl)c([N+](=O)[O-])c1. The van der Waals surface area contributed by atoms with Crippen molar-refractivity contribution in [3.05, 3.63) is 37.9 Å². The maximum Gasteiger partial charge on any atom is 0.338 e. The summed E-state index contributed by atoms with van der Waals surface area (Å²) in [4.78, 5) is 21.9. The molecular weight excluding hydrogens is 297 g/mol. The van der Waals surface area contributed by atoms with Gasteiger partial charge in [0.2, 0.25) is 0 Å². The van der Waals surface area contributed by atoms with Gasteiger partial charge in [-0.3, -0.25) is 10.1 Å². The van der Waals surface area contributed by atoms with Crippen molar-refractivity contribution in [2.45, 2.75) is 12.5 Å². The van der Waals surface area contributed by atoms with Gasteiger partial charge in [0, 0.05) is 12.5 Å². The first kappa shape index (κ1) is 14.0. The molecule has 102 valence electrons. The summed E-state index contributed by atoms with van der Waals surface area (Å²) in [5, 5.41) is 10.5.